The topological polar surface area (TPSA) is 95.9 Å². The molecule has 0 spiro atoms. The van der Waals surface area contributed by atoms with Crippen molar-refractivity contribution in [3.63, 3.8) is 0 Å². The Labute approximate surface area is 387 Å². The molecule has 62 heavy (non-hydrogen) atoms. The molecule has 0 aromatic rings. The molecule has 0 saturated carbocycles. The monoisotopic (exact) mass is 876 g/mol. The number of aliphatic hydroxyl groups is 2. The highest BCUT2D eigenvalue weighted by Gasteiger charge is 2.18. The molecule has 0 heterocycles. The second-order valence-corrected chi connectivity index (χ2v) is 19.3. The molecule has 368 valence electrons. The number of hydrogen-bond acceptors (Lipinski definition) is 5. The normalized spacial score (nSPS) is 12.6. The molecule has 2 atom stereocenters. The van der Waals surface area contributed by atoms with Gasteiger partial charge in [0.2, 0.25) is 5.91 Å². The predicted molar refractivity (Wildman–Crippen MR) is 269 cm³/mol. The van der Waals surface area contributed by atoms with Gasteiger partial charge < -0.3 is 20.3 Å². The van der Waals surface area contributed by atoms with Crippen molar-refractivity contribution in [1.82, 2.24) is 5.32 Å². The predicted octanol–water partition coefficient (Wildman–Crippen LogP) is 16.9. The average molecular weight is 876 g/mol. The van der Waals surface area contributed by atoms with Gasteiger partial charge in [0.15, 0.2) is 0 Å². The van der Waals surface area contributed by atoms with Crippen LogP contribution in [0.1, 0.15) is 309 Å². The third-order valence-corrected chi connectivity index (χ3v) is 13.1. The van der Waals surface area contributed by atoms with Gasteiger partial charge >= 0.3 is 5.97 Å². The first-order valence-corrected chi connectivity index (χ1v) is 28.0. The van der Waals surface area contributed by atoms with Crippen LogP contribution in [0.5, 0.6) is 0 Å². The molecule has 0 aliphatic rings. The molecule has 0 aromatic heterocycles. The van der Waals surface area contributed by atoms with E-state index in [1.807, 2.05) is 6.08 Å². The van der Waals surface area contributed by atoms with Crippen molar-refractivity contribution in [1.29, 1.82) is 0 Å². The molecule has 0 bridgehead atoms. The van der Waals surface area contributed by atoms with Crippen molar-refractivity contribution >= 4 is 11.9 Å². The van der Waals surface area contributed by atoms with Crippen LogP contribution in [-0.4, -0.2) is 47.4 Å². The Morgan fingerprint density at radius 2 is 0.742 bits per heavy atom. The zero-order valence-electron chi connectivity index (χ0n) is 41.9. The molecule has 2 unspecified atom stereocenters. The SMILES string of the molecule is CCCCCCCCCCCCCC/C=C/C(O)C(CO)NC(=O)CCCCCCCCCCCCCCCOC(=O)CCCCCCCCCCCCCCCCCCCC. The van der Waals surface area contributed by atoms with Gasteiger partial charge in [-0.3, -0.25) is 9.59 Å². The summed E-state index contributed by atoms with van der Waals surface area (Å²) in [5.74, 6) is -0.0813. The van der Waals surface area contributed by atoms with Gasteiger partial charge in [-0.15, -0.1) is 0 Å². The van der Waals surface area contributed by atoms with E-state index in [9.17, 15) is 19.8 Å². The van der Waals surface area contributed by atoms with Gasteiger partial charge in [-0.05, 0) is 32.1 Å². The fraction of sp³-hybridized carbons (Fsp3) is 0.929. The third-order valence-electron chi connectivity index (χ3n) is 13.1. The molecule has 0 radical (unpaired) electrons. The van der Waals surface area contributed by atoms with E-state index in [4.69, 9.17) is 4.74 Å². The van der Waals surface area contributed by atoms with E-state index in [2.05, 4.69) is 19.2 Å². The largest absolute Gasteiger partial charge is 0.466 e. The zero-order valence-corrected chi connectivity index (χ0v) is 41.9. The fourth-order valence-corrected chi connectivity index (χ4v) is 8.75. The van der Waals surface area contributed by atoms with Crippen molar-refractivity contribution in [2.45, 2.75) is 321 Å². The van der Waals surface area contributed by atoms with Crippen LogP contribution >= 0.6 is 0 Å². The van der Waals surface area contributed by atoms with Gasteiger partial charge in [0.25, 0.3) is 0 Å². The summed E-state index contributed by atoms with van der Waals surface area (Å²) >= 11 is 0. The van der Waals surface area contributed by atoms with Crippen molar-refractivity contribution in [2.75, 3.05) is 13.2 Å². The highest BCUT2D eigenvalue weighted by Crippen LogP contribution is 2.17. The number of nitrogens with one attached hydrogen (secondary N) is 1. The molecule has 0 saturated heterocycles. The van der Waals surface area contributed by atoms with Crippen LogP contribution in [0, 0.1) is 0 Å². The van der Waals surface area contributed by atoms with Gasteiger partial charge in [0.05, 0.1) is 25.4 Å². The Bertz CT molecular complexity index is 924. The van der Waals surface area contributed by atoms with Crippen LogP contribution in [-0.2, 0) is 14.3 Å². The van der Waals surface area contributed by atoms with E-state index in [1.54, 1.807) is 6.08 Å². The summed E-state index contributed by atoms with van der Waals surface area (Å²) in [4.78, 5) is 24.5. The lowest BCUT2D eigenvalue weighted by Gasteiger charge is -2.20. The van der Waals surface area contributed by atoms with Crippen LogP contribution < -0.4 is 5.32 Å². The summed E-state index contributed by atoms with van der Waals surface area (Å²) in [6.07, 6.45) is 60.8. The number of esters is 1. The first-order valence-electron chi connectivity index (χ1n) is 28.0. The van der Waals surface area contributed by atoms with E-state index >= 15 is 0 Å². The minimum atomic E-state index is -0.851. The van der Waals surface area contributed by atoms with Gasteiger partial charge in [0, 0.05) is 12.8 Å². The first-order chi connectivity index (χ1) is 30.5. The Balaban J connectivity index is 3.44. The summed E-state index contributed by atoms with van der Waals surface area (Å²) < 4.78 is 5.48. The number of allylic oxidation sites excluding steroid dienone is 1. The lowest BCUT2D eigenvalue weighted by Crippen LogP contribution is -2.45. The van der Waals surface area contributed by atoms with Gasteiger partial charge in [-0.25, -0.2) is 0 Å². The number of carbonyl (C=O) groups excluding carboxylic acids is 2. The molecule has 0 aromatic carbocycles. The molecular formula is C56H109NO5. The third kappa shape index (κ3) is 48.1. The standard InChI is InChI=1S/C56H109NO5/c1-3-5-7-9-11-13-15-17-19-20-21-22-26-30-34-38-42-46-50-56(61)62-51-47-43-39-35-31-27-23-25-29-33-37-41-45-49-55(60)57-53(52-58)54(59)48-44-40-36-32-28-24-18-16-14-12-10-8-6-4-2/h44,48,53-54,58-59H,3-43,45-47,49-52H2,1-2H3,(H,57,60)/b48-44+. The van der Waals surface area contributed by atoms with Crippen molar-refractivity contribution in [2.24, 2.45) is 0 Å². The second-order valence-electron chi connectivity index (χ2n) is 19.3. The number of aliphatic hydroxyl groups excluding tert-OH is 2. The number of ether oxygens (including phenoxy) is 1. The Morgan fingerprint density at radius 1 is 0.435 bits per heavy atom. The van der Waals surface area contributed by atoms with Crippen LogP contribution in [0.4, 0.5) is 0 Å². The lowest BCUT2D eigenvalue weighted by atomic mass is 10.0. The van der Waals surface area contributed by atoms with Gasteiger partial charge in [0.1, 0.15) is 0 Å². The van der Waals surface area contributed by atoms with Gasteiger partial charge in [-0.2, -0.15) is 0 Å². The lowest BCUT2D eigenvalue weighted by molar-refractivity contribution is -0.143. The smallest absolute Gasteiger partial charge is 0.305 e. The van der Waals surface area contributed by atoms with Crippen molar-refractivity contribution < 1.29 is 24.5 Å². The molecule has 0 rings (SSSR count). The highest BCUT2D eigenvalue weighted by molar-refractivity contribution is 5.76. The molecule has 6 nitrogen and oxygen atoms in total. The highest BCUT2D eigenvalue weighted by atomic mass is 16.5. The summed E-state index contributed by atoms with van der Waals surface area (Å²) in [6.45, 7) is 4.89. The molecule has 0 fully saturated rings. The Kier molecular flexibility index (Phi) is 51.0. The Morgan fingerprint density at radius 3 is 1.10 bits per heavy atom. The van der Waals surface area contributed by atoms with Crippen molar-refractivity contribution in [3.05, 3.63) is 12.2 Å². The molecule has 3 N–H and O–H groups in total. The second kappa shape index (κ2) is 52.2. The zero-order chi connectivity index (χ0) is 45.1. The summed E-state index contributed by atoms with van der Waals surface area (Å²) in [7, 11) is 0. The molecule has 6 heteroatoms. The number of unbranched alkanes of at least 4 members (excludes halogenated alkanes) is 41. The first kappa shape index (κ1) is 60.6. The quantitative estimate of drug-likeness (QED) is 0.0321. The maximum atomic E-state index is 12.4. The van der Waals surface area contributed by atoms with Crippen LogP contribution in [0.25, 0.3) is 0 Å². The average Bonchev–Trinajstić information content (AvgIpc) is 3.27. The fourth-order valence-electron chi connectivity index (χ4n) is 8.75. The molecule has 0 aliphatic heterocycles. The Hall–Kier alpha value is -1.40. The number of carbonyl (C=O) groups is 2. The van der Waals surface area contributed by atoms with Gasteiger partial charge in [-0.1, -0.05) is 276 Å². The minimum Gasteiger partial charge on any atom is -0.466 e. The van der Waals surface area contributed by atoms with E-state index in [-0.39, 0.29) is 18.5 Å². The summed E-state index contributed by atoms with van der Waals surface area (Å²) in [6, 6.07) is -0.636. The molecular weight excluding hydrogens is 767 g/mol. The van der Waals surface area contributed by atoms with E-state index < -0.39 is 12.1 Å². The van der Waals surface area contributed by atoms with E-state index in [0.717, 1.165) is 57.8 Å². The van der Waals surface area contributed by atoms with E-state index in [1.165, 1.54) is 225 Å². The molecule has 1 amide bonds. The van der Waals surface area contributed by atoms with E-state index in [0.29, 0.717) is 19.4 Å². The van der Waals surface area contributed by atoms with Crippen LogP contribution in [0.3, 0.4) is 0 Å². The molecule has 0 aliphatic carbocycles. The summed E-state index contributed by atoms with van der Waals surface area (Å²) in [5, 5.41) is 23.1. The number of hydrogen-bond donors (Lipinski definition) is 3. The van der Waals surface area contributed by atoms with Crippen LogP contribution in [0.2, 0.25) is 0 Å². The summed E-state index contributed by atoms with van der Waals surface area (Å²) in [5.41, 5.74) is 0. The number of rotatable bonds is 52. The maximum Gasteiger partial charge on any atom is 0.305 e. The van der Waals surface area contributed by atoms with Crippen molar-refractivity contribution in [3.8, 4) is 0 Å². The minimum absolute atomic E-state index is 0.00215. The number of amides is 1. The van der Waals surface area contributed by atoms with Crippen LogP contribution in [0.15, 0.2) is 12.2 Å². The maximum absolute atomic E-state index is 12.4.